The van der Waals surface area contributed by atoms with Crippen molar-refractivity contribution in [3.8, 4) is 0 Å². The monoisotopic (exact) mass is 283 g/mol. The number of nitro groups is 1. The second kappa shape index (κ2) is 6.55. The van der Waals surface area contributed by atoms with Crippen LogP contribution in [0.1, 0.15) is 19.8 Å². The molecule has 0 bridgehead atoms. The molecule has 0 aliphatic carbocycles. The van der Waals surface area contributed by atoms with Crippen molar-refractivity contribution in [1.29, 1.82) is 0 Å². The predicted octanol–water partition coefficient (Wildman–Crippen LogP) is 2.12. The predicted molar refractivity (Wildman–Crippen MR) is 76.8 cm³/mol. The molecular weight excluding hydrogens is 266 g/mol. The fourth-order valence-corrected chi connectivity index (χ4v) is 3.10. The molecule has 0 atom stereocenters. The van der Waals surface area contributed by atoms with Gasteiger partial charge in [0.05, 0.1) is 4.92 Å². The average Bonchev–Trinajstić information content (AvgIpc) is 2.40. The molecule has 1 aliphatic rings. The normalized spacial score (nSPS) is 16.1. The summed E-state index contributed by atoms with van der Waals surface area (Å²) in [4.78, 5) is 18.7. The van der Waals surface area contributed by atoms with E-state index in [9.17, 15) is 10.1 Å². The van der Waals surface area contributed by atoms with Crippen molar-refractivity contribution in [2.45, 2.75) is 25.8 Å². The smallest absolute Gasteiger partial charge is 0.353 e. The number of nitrogens with one attached hydrogen (secondary N) is 2. The molecule has 0 aromatic carbocycles. The zero-order valence-electron chi connectivity index (χ0n) is 10.8. The lowest BCUT2D eigenvalue weighted by Gasteiger charge is -2.22. The van der Waals surface area contributed by atoms with Crippen LogP contribution in [-0.2, 0) is 0 Å². The lowest BCUT2D eigenvalue weighted by molar-refractivity contribution is -0.383. The van der Waals surface area contributed by atoms with Gasteiger partial charge in [-0.2, -0.15) is 11.8 Å². The molecule has 2 heterocycles. The third-order valence-corrected chi connectivity index (χ3v) is 3.96. The summed E-state index contributed by atoms with van der Waals surface area (Å²) >= 11 is 1.91. The molecule has 0 unspecified atom stereocenters. The second-order valence-electron chi connectivity index (χ2n) is 4.24. The number of hydrogen-bond acceptors (Lipinski definition) is 7. The van der Waals surface area contributed by atoms with Crippen LogP contribution in [0.4, 0.5) is 17.3 Å². The summed E-state index contributed by atoms with van der Waals surface area (Å²) in [6, 6.07) is 0.254. The van der Waals surface area contributed by atoms with Crippen molar-refractivity contribution in [3.63, 3.8) is 0 Å². The third-order valence-electron chi connectivity index (χ3n) is 2.91. The molecule has 0 saturated carbocycles. The van der Waals surface area contributed by atoms with Gasteiger partial charge in [-0.15, -0.1) is 0 Å². The molecule has 0 amide bonds. The Morgan fingerprint density at radius 3 is 2.74 bits per heavy atom. The number of nitrogens with zero attached hydrogens (tertiary/aromatic N) is 3. The Morgan fingerprint density at radius 1 is 1.42 bits per heavy atom. The molecule has 1 aliphatic heterocycles. The van der Waals surface area contributed by atoms with E-state index < -0.39 is 4.92 Å². The topological polar surface area (TPSA) is 93.0 Å². The van der Waals surface area contributed by atoms with Gasteiger partial charge in [0.1, 0.15) is 6.33 Å². The minimum Gasteiger partial charge on any atom is -0.364 e. The van der Waals surface area contributed by atoms with E-state index in [1.54, 1.807) is 0 Å². The van der Waals surface area contributed by atoms with Gasteiger partial charge in [-0.25, -0.2) is 9.97 Å². The highest BCUT2D eigenvalue weighted by molar-refractivity contribution is 7.99. The van der Waals surface area contributed by atoms with E-state index in [0.717, 1.165) is 24.3 Å². The highest BCUT2D eigenvalue weighted by Crippen LogP contribution is 2.30. The number of anilines is 2. The summed E-state index contributed by atoms with van der Waals surface area (Å²) in [6.45, 7) is 2.45. The summed E-state index contributed by atoms with van der Waals surface area (Å²) in [5.41, 5.74) is -0.0671. The molecule has 0 spiro atoms. The fourth-order valence-electron chi connectivity index (χ4n) is 1.99. The Bertz CT molecular complexity index is 451. The zero-order chi connectivity index (χ0) is 13.7. The number of hydrogen-bond donors (Lipinski definition) is 2. The van der Waals surface area contributed by atoms with Gasteiger partial charge in [-0.05, 0) is 31.3 Å². The molecule has 2 N–H and O–H groups in total. The molecule has 1 aromatic rings. The molecule has 1 fully saturated rings. The van der Waals surface area contributed by atoms with Crippen LogP contribution < -0.4 is 10.6 Å². The molecule has 1 saturated heterocycles. The minimum absolute atomic E-state index is 0.0671. The van der Waals surface area contributed by atoms with E-state index in [0.29, 0.717) is 12.4 Å². The first kappa shape index (κ1) is 13.9. The second-order valence-corrected chi connectivity index (χ2v) is 5.46. The molecular formula is C11H17N5O2S. The molecule has 8 heteroatoms. The van der Waals surface area contributed by atoms with Crippen molar-refractivity contribution in [3.05, 3.63) is 16.4 Å². The van der Waals surface area contributed by atoms with Gasteiger partial charge in [0.25, 0.3) is 0 Å². The summed E-state index contributed by atoms with van der Waals surface area (Å²) in [5.74, 6) is 2.75. The van der Waals surface area contributed by atoms with Crippen molar-refractivity contribution in [1.82, 2.24) is 9.97 Å². The van der Waals surface area contributed by atoms with E-state index in [1.807, 2.05) is 18.7 Å². The Labute approximate surface area is 115 Å². The highest BCUT2D eigenvalue weighted by Gasteiger charge is 2.25. The Morgan fingerprint density at radius 2 is 2.11 bits per heavy atom. The van der Waals surface area contributed by atoms with Gasteiger partial charge in [-0.1, -0.05) is 0 Å². The lowest BCUT2D eigenvalue weighted by atomic mass is 10.1. The molecule has 7 nitrogen and oxygen atoms in total. The molecule has 1 aromatic heterocycles. The Kier molecular flexibility index (Phi) is 4.78. The summed E-state index contributed by atoms with van der Waals surface area (Å²) in [6.07, 6.45) is 3.36. The van der Waals surface area contributed by atoms with E-state index in [2.05, 4.69) is 20.6 Å². The van der Waals surface area contributed by atoms with Crippen LogP contribution in [0.15, 0.2) is 6.33 Å². The van der Waals surface area contributed by atoms with Crippen molar-refractivity contribution < 1.29 is 4.92 Å². The SMILES string of the molecule is CCNc1ncnc(NC2CCSCC2)c1[N+](=O)[O-]. The number of aromatic nitrogens is 2. The maximum atomic E-state index is 11.2. The molecule has 2 rings (SSSR count). The number of thioether (sulfide) groups is 1. The maximum absolute atomic E-state index is 11.2. The largest absolute Gasteiger partial charge is 0.364 e. The fraction of sp³-hybridized carbons (Fsp3) is 0.636. The van der Waals surface area contributed by atoms with Crippen LogP contribution in [0.3, 0.4) is 0 Å². The van der Waals surface area contributed by atoms with Crippen LogP contribution >= 0.6 is 11.8 Å². The Hall–Kier alpha value is -1.57. The maximum Gasteiger partial charge on any atom is 0.353 e. The number of rotatable bonds is 5. The highest BCUT2D eigenvalue weighted by atomic mass is 32.2. The van der Waals surface area contributed by atoms with Gasteiger partial charge in [0, 0.05) is 12.6 Å². The molecule has 19 heavy (non-hydrogen) atoms. The quantitative estimate of drug-likeness (QED) is 0.631. The van der Waals surface area contributed by atoms with Crippen molar-refractivity contribution >= 4 is 29.1 Å². The van der Waals surface area contributed by atoms with Gasteiger partial charge >= 0.3 is 5.69 Å². The standard InChI is InChI=1S/C11H17N5O2S/c1-2-12-10-9(16(17)18)11(14-7-13-10)15-8-3-5-19-6-4-8/h7-8H,2-6H2,1H3,(H2,12,13,14,15). The lowest BCUT2D eigenvalue weighted by Crippen LogP contribution is -2.25. The van der Waals surface area contributed by atoms with Crippen LogP contribution in [0.5, 0.6) is 0 Å². The van der Waals surface area contributed by atoms with Gasteiger partial charge in [0.2, 0.25) is 11.6 Å². The summed E-state index contributed by atoms with van der Waals surface area (Å²) < 4.78 is 0. The van der Waals surface area contributed by atoms with E-state index in [4.69, 9.17) is 0 Å². The van der Waals surface area contributed by atoms with Crippen molar-refractivity contribution in [2.24, 2.45) is 0 Å². The van der Waals surface area contributed by atoms with Crippen LogP contribution in [0.25, 0.3) is 0 Å². The van der Waals surface area contributed by atoms with E-state index in [-0.39, 0.29) is 17.5 Å². The van der Waals surface area contributed by atoms with Crippen molar-refractivity contribution in [2.75, 3.05) is 28.7 Å². The Balaban J connectivity index is 2.22. The molecule has 0 radical (unpaired) electrons. The van der Waals surface area contributed by atoms with E-state index in [1.165, 1.54) is 6.33 Å². The van der Waals surface area contributed by atoms with Crippen LogP contribution in [-0.4, -0.2) is 39.0 Å². The minimum atomic E-state index is -0.433. The van der Waals surface area contributed by atoms with Gasteiger partial charge in [0.15, 0.2) is 0 Å². The van der Waals surface area contributed by atoms with Gasteiger partial charge < -0.3 is 10.6 Å². The average molecular weight is 283 g/mol. The first-order chi connectivity index (χ1) is 9.22. The van der Waals surface area contributed by atoms with E-state index >= 15 is 0 Å². The molecule has 104 valence electrons. The van der Waals surface area contributed by atoms with Crippen LogP contribution in [0, 0.1) is 10.1 Å². The summed E-state index contributed by atoms with van der Waals surface area (Å²) in [5, 5.41) is 17.3. The van der Waals surface area contributed by atoms with Gasteiger partial charge in [-0.3, -0.25) is 10.1 Å². The zero-order valence-corrected chi connectivity index (χ0v) is 11.6. The van der Waals surface area contributed by atoms with Crippen LogP contribution in [0.2, 0.25) is 0 Å². The third kappa shape index (κ3) is 3.46. The first-order valence-corrected chi connectivity index (χ1v) is 7.45. The first-order valence-electron chi connectivity index (χ1n) is 6.30. The summed E-state index contributed by atoms with van der Waals surface area (Å²) in [7, 11) is 0.